The van der Waals surface area contributed by atoms with Gasteiger partial charge in [-0.25, -0.2) is 5.84 Å². The van der Waals surface area contributed by atoms with Gasteiger partial charge in [-0.3, -0.25) is 24.7 Å². The third-order valence-corrected chi connectivity index (χ3v) is 4.38. The molecule has 2 rings (SSSR count). The molecule has 0 unspecified atom stereocenters. The zero-order chi connectivity index (χ0) is 17.9. The molecular weight excluding hydrogens is 444 g/mol. The van der Waals surface area contributed by atoms with Crippen molar-refractivity contribution in [2.24, 2.45) is 11.6 Å². The Bertz CT molecular complexity index is 806. The minimum absolute atomic E-state index is 0.109. The molecule has 0 aliphatic rings. The predicted octanol–water partition coefficient (Wildman–Crippen LogP) is 1.97. The standard InChI is InChI=1S/C15H12Br2N4O3/c16-9-5-3-6-10(17)12(9)21(15(24)13(18)22)11-7-2-1-4-8(11)14(23)20-19/h1-7H,19H2,(H2,18,22)(H,20,23). The Kier molecular flexibility index (Phi) is 5.71. The number of rotatable bonds is 3. The summed E-state index contributed by atoms with van der Waals surface area (Å²) in [7, 11) is 0. The zero-order valence-corrected chi connectivity index (χ0v) is 15.3. The van der Waals surface area contributed by atoms with Crippen LogP contribution >= 0.6 is 31.9 Å². The largest absolute Gasteiger partial charge is 0.361 e. The van der Waals surface area contributed by atoms with Gasteiger partial charge in [-0.15, -0.1) is 0 Å². The maximum atomic E-state index is 12.5. The van der Waals surface area contributed by atoms with Crippen molar-refractivity contribution in [3.63, 3.8) is 0 Å². The summed E-state index contributed by atoms with van der Waals surface area (Å²) in [5.74, 6) is 2.41. The summed E-state index contributed by atoms with van der Waals surface area (Å²) < 4.78 is 1.05. The van der Waals surface area contributed by atoms with Crippen molar-refractivity contribution in [3.05, 3.63) is 57.0 Å². The van der Waals surface area contributed by atoms with Crippen molar-refractivity contribution in [1.29, 1.82) is 0 Å². The third kappa shape index (κ3) is 3.48. The van der Waals surface area contributed by atoms with Crippen molar-refractivity contribution in [3.8, 4) is 0 Å². The van der Waals surface area contributed by atoms with Gasteiger partial charge >= 0.3 is 11.8 Å². The molecule has 0 aromatic heterocycles. The number of carbonyl (C=O) groups excluding carboxylic acids is 3. The fourth-order valence-electron chi connectivity index (χ4n) is 2.08. The van der Waals surface area contributed by atoms with Gasteiger partial charge in [-0.05, 0) is 56.1 Å². The highest BCUT2D eigenvalue weighted by atomic mass is 79.9. The normalized spacial score (nSPS) is 10.1. The first-order chi connectivity index (χ1) is 11.4. The van der Waals surface area contributed by atoms with Crippen LogP contribution in [-0.4, -0.2) is 17.7 Å². The molecule has 0 bridgehead atoms. The number of benzene rings is 2. The van der Waals surface area contributed by atoms with Gasteiger partial charge in [0, 0.05) is 8.95 Å². The van der Waals surface area contributed by atoms with Crippen LogP contribution in [0.4, 0.5) is 11.4 Å². The topological polar surface area (TPSA) is 119 Å². The van der Waals surface area contributed by atoms with Crippen molar-refractivity contribution >= 4 is 61.0 Å². The van der Waals surface area contributed by atoms with Gasteiger partial charge in [-0.2, -0.15) is 0 Å². The second-order valence-corrected chi connectivity index (χ2v) is 6.27. The Morgan fingerprint density at radius 2 is 1.54 bits per heavy atom. The number of hydrogen-bond acceptors (Lipinski definition) is 4. The molecular formula is C15H12Br2N4O3. The van der Waals surface area contributed by atoms with E-state index < -0.39 is 17.7 Å². The maximum Gasteiger partial charge on any atom is 0.320 e. The molecule has 0 radical (unpaired) electrons. The lowest BCUT2D eigenvalue weighted by atomic mass is 10.1. The molecule has 2 aromatic rings. The van der Waals surface area contributed by atoms with Crippen LogP contribution in [0.25, 0.3) is 0 Å². The van der Waals surface area contributed by atoms with Crippen LogP contribution in [-0.2, 0) is 9.59 Å². The molecule has 0 aliphatic heterocycles. The Hall–Kier alpha value is -2.23. The number of nitrogens with zero attached hydrogens (tertiary/aromatic N) is 1. The van der Waals surface area contributed by atoms with Crippen molar-refractivity contribution in [2.75, 3.05) is 4.90 Å². The van der Waals surface area contributed by atoms with E-state index in [2.05, 4.69) is 31.9 Å². The molecule has 9 heteroatoms. The van der Waals surface area contributed by atoms with Gasteiger partial charge < -0.3 is 5.73 Å². The number of amides is 3. The van der Waals surface area contributed by atoms with Gasteiger partial charge in [0.25, 0.3) is 5.91 Å². The van der Waals surface area contributed by atoms with E-state index in [-0.39, 0.29) is 11.3 Å². The molecule has 3 amide bonds. The highest BCUT2D eigenvalue weighted by molar-refractivity contribution is 9.11. The number of halogens is 2. The lowest BCUT2D eigenvalue weighted by molar-refractivity contribution is -0.135. The molecule has 0 heterocycles. The van der Waals surface area contributed by atoms with E-state index in [9.17, 15) is 14.4 Å². The smallest absolute Gasteiger partial charge is 0.320 e. The highest BCUT2D eigenvalue weighted by Gasteiger charge is 2.29. The number of nitrogens with one attached hydrogen (secondary N) is 1. The molecule has 0 spiro atoms. The number of nitrogens with two attached hydrogens (primary N) is 2. The summed E-state index contributed by atoms with van der Waals surface area (Å²) in [6.07, 6.45) is 0. The van der Waals surface area contributed by atoms with Crippen LogP contribution in [0.2, 0.25) is 0 Å². The first-order valence-corrected chi connectivity index (χ1v) is 8.15. The van der Waals surface area contributed by atoms with Crippen molar-refractivity contribution < 1.29 is 14.4 Å². The lowest BCUT2D eigenvalue weighted by Crippen LogP contribution is -2.39. The minimum Gasteiger partial charge on any atom is -0.361 e. The fourth-order valence-corrected chi connectivity index (χ4v) is 3.44. The van der Waals surface area contributed by atoms with E-state index in [4.69, 9.17) is 11.6 Å². The van der Waals surface area contributed by atoms with E-state index in [1.54, 1.807) is 30.3 Å². The number of hydrogen-bond donors (Lipinski definition) is 3. The Morgan fingerprint density at radius 3 is 2.08 bits per heavy atom. The Morgan fingerprint density at radius 1 is 0.958 bits per heavy atom. The van der Waals surface area contributed by atoms with Crippen molar-refractivity contribution in [1.82, 2.24) is 5.43 Å². The summed E-state index contributed by atoms with van der Waals surface area (Å²) in [5.41, 5.74) is 7.80. The SMILES string of the molecule is NNC(=O)c1ccccc1N(C(=O)C(N)=O)c1c(Br)cccc1Br. The first-order valence-electron chi connectivity index (χ1n) is 6.56. The van der Waals surface area contributed by atoms with Crippen LogP contribution in [0.3, 0.4) is 0 Å². The summed E-state index contributed by atoms with van der Waals surface area (Å²) in [6, 6.07) is 11.3. The van der Waals surface area contributed by atoms with Gasteiger partial charge in [0.2, 0.25) is 0 Å². The second kappa shape index (κ2) is 7.56. The van der Waals surface area contributed by atoms with Crippen LogP contribution in [0, 0.1) is 0 Å². The zero-order valence-electron chi connectivity index (χ0n) is 12.1. The average molecular weight is 456 g/mol. The first kappa shape index (κ1) is 18.1. The van der Waals surface area contributed by atoms with Crippen LogP contribution in [0.15, 0.2) is 51.4 Å². The molecule has 0 fully saturated rings. The average Bonchev–Trinajstić information content (AvgIpc) is 2.57. The number of anilines is 2. The second-order valence-electron chi connectivity index (χ2n) is 4.57. The van der Waals surface area contributed by atoms with Crippen molar-refractivity contribution in [2.45, 2.75) is 0 Å². The number of para-hydroxylation sites is 2. The fraction of sp³-hybridized carbons (Fsp3) is 0. The van der Waals surface area contributed by atoms with Gasteiger partial charge in [0.1, 0.15) is 0 Å². The Labute approximate surface area is 154 Å². The lowest BCUT2D eigenvalue weighted by Gasteiger charge is -2.25. The quantitative estimate of drug-likeness (QED) is 0.283. The summed E-state index contributed by atoms with van der Waals surface area (Å²) in [5, 5.41) is 0. The maximum absolute atomic E-state index is 12.5. The van der Waals surface area contributed by atoms with Crippen LogP contribution in [0.5, 0.6) is 0 Å². The number of hydrazine groups is 1. The molecule has 0 atom stereocenters. The van der Waals surface area contributed by atoms with E-state index in [0.29, 0.717) is 14.6 Å². The monoisotopic (exact) mass is 454 g/mol. The molecule has 0 aliphatic carbocycles. The molecule has 24 heavy (non-hydrogen) atoms. The number of carbonyl (C=O) groups is 3. The van der Waals surface area contributed by atoms with Crippen LogP contribution < -0.4 is 21.9 Å². The highest BCUT2D eigenvalue weighted by Crippen LogP contribution is 2.39. The molecule has 2 aromatic carbocycles. The molecule has 7 nitrogen and oxygen atoms in total. The summed E-state index contributed by atoms with van der Waals surface area (Å²) >= 11 is 6.68. The number of nitrogen functional groups attached to an aromatic ring is 1. The number of primary amides is 1. The summed E-state index contributed by atoms with van der Waals surface area (Å²) in [6.45, 7) is 0. The van der Waals surface area contributed by atoms with E-state index >= 15 is 0 Å². The van der Waals surface area contributed by atoms with E-state index in [1.807, 2.05) is 5.43 Å². The van der Waals surface area contributed by atoms with Gasteiger partial charge in [0.15, 0.2) is 0 Å². The van der Waals surface area contributed by atoms with Crippen LogP contribution in [0.1, 0.15) is 10.4 Å². The molecule has 5 N–H and O–H groups in total. The van der Waals surface area contributed by atoms with Gasteiger partial charge in [0.05, 0.1) is 16.9 Å². The van der Waals surface area contributed by atoms with E-state index in [1.165, 1.54) is 12.1 Å². The molecule has 0 saturated heterocycles. The van der Waals surface area contributed by atoms with E-state index in [0.717, 1.165) is 4.90 Å². The van der Waals surface area contributed by atoms with Gasteiger partial charge in [-0.1, -0.05) is 18.2 Å². The minimum atomic E-state index is -1.17. The molecule has 0 saturated carbocycles. The Balaban J connectivity index is 2.77. The predicted molar refractivity (Wildman–Crippen MR) is 96.3 cm³/mol. The molecule has 124 valence electrons. The summed E-state index contributed by atoms with van der Waals surface area (Å²) in [4.78, 5) is 37.1. The third-order valence-electron chi connectivity index (χ3n) is 3.10.